The van der Waals surface area contributed by atoms with Crippen molar-refractivity contribution in [2.45, 2.75) is 38.4 Å². The zero-order valence-electron chi connectivity index (χ0n) is 10.2. The van der Waals surface area contributed by atoms with Crippen LogP contribution < -0.4 is 10.2 Å². The van der Waals surface area contributed by atoms with Gasteiger partial charge in [0.05, 0.1) is 7.11 Å². The number of alkyl halides is 1. The smallest absolute Gasteiger partial charge is 0.305 e. The minimum atomic E-state index is -1.93. The third-order valence-corrected chi connectivity index (χ3v) is 2.44. The van der Waals surface area contributed by atoms with Gasteiger partial charge in [0.25, 0.3) is 5.91 Å². The van der Waals surface area contributed by atoms with E-state index >= 15 is 0 Å². The maximum atomic E-state index is 13.2. The second-order valence-corrected chi connectivity index (χ2v) is 4.32. The summed E-state index contributed by atoms with van der Waals surface area (Å²) < 4.78 is 17.6. The third kappa shape index (κ3) is 7.12. The molecule has 0 bridgehead atoms. The number of amides is 1. The van der Waals surface area contributed by atoms with E-state index in [0.717, 1.165) is 0 Å². The van der Waals surface area contributed by atoms with Crippen LogP contribution in [0.4, 0.5) is 4.39 Å². The van der Waals surface area contributed by atoms with Gasteiger partial charge < -0.3 is 10.1 Å². The van der Waals surface area contributed by atoms with Crippen molar-refractivity contribution in [3.8, 4) is 0 Å². The highest BCUT2D eigenvalue weighted by molar-refractivity contribution is 6.13. The normalized spacial score (nSPS) is 13.0. The van der Waals surface area contributed by atoms with E-state index in [-0.39, 0.29) is 25.0 Å². The fraction of sp³-hybridized carbons (Fsp3) is 0.800. The molecule has 0 unspecified atom stereocenters. The summed E-state index contributed by atoms with van der Waals surface area (Å²) in [6.07, 6.45) is 0.568. The Morgan fingerprint density at radius 1 is 1.47 bits per heavy atom. The van der Waals surface area contributed by atoms with Crippen LogP contribution in [0.3, 0.4) is 0 Å². The van der Waals surface area contributed by atoms with E-state index in [2.05, 4.69) is 14.9 Å². The van der Waals surface area contributed by atoms with E-state index in [1.165, 1.54) is 21.0 Å². The second-order valence-electron chi connectivity index (χ2n) is 4.10. The van der Waals surface area contributed by atoms with Crippen LogP contribution in [0.5, 0.6) is 0 Å². The van der Waals surface area contributed by atoms with E-state index < -0.39 is 11.6 Å². The number of methoxy groups -OCH3 is 1. The molecule has 5 nitrogen and oxygen atoms in total. The van der Waals surface area contributed by atoms with Crippen molar-refractivity contribution in [2.75, 3.05) is 13.7 Å². The molecule has 0 spiro atoms. The van der Waals surface area contributed by atoms with E-state index in [9.17, 15) is 14.0 Å². The number of rotatable bonds is 7. The van der Waals surface area contributed by atoms with Crippen LogP contribution in [0.25, 0.3) is 0 Å². The molecule has 0 heterocycles. The van der Waals surface area contributed by atoms with Gasteiger partial charge in [-0.3, -0.25) is 9.59 Å². The van der Waals surface area contributed by atoms with Crippen molar-refractivity contribution in [3.05, 3.63) is 0 Å². The van der Waals surface area contributed by atoms with Crippen molar-refractivity contribution in [2.24, 2.45) is 0 Å². The van der Waals surface area contributed by atoms with Crippen LogP contribution >= 0.6 is 11.8 Å². The molecule has 0 saturated carbocycles. The number of halogens is 2. The molecule has 2 N–H and O–H groups in total. The molecular formula is C10H18ClFN2O3. The lowest BCUT2D eigenvalue weighted by Gasteiger charge is -2.18. The minimum absolute atomic E-state index is 0.146. The zero-order valence-corrected chi connectivity index (χ0v) is 10.9. The monoisotopic (exact) mass is 268 g/mol. The Balaban J connectivity index is 3.98. The number of nitrogens with one attached hydrogen (secondary N) is 2. The highest BCUT2D eigenvalue weighted by atomic mass is 35.5. The van der Waals surface area contributed by atoms with Crippen LogP contribution in [0.15, 0.2) is 0 Å². The Labute approximate surface area is 105 Å². The molecule has 17 heavy (non-hydrogen) atoms. The maximum absolute atomic E-state index is 13.2. The minimum Gasteiger partial charge on any atom is -0.469 e. The van der Waals surface area contributed by atoms with Gasteiger partial charge in [0, 0.05) is 19.0 Å². The lowest BCUT2D eigenvalue weighted by atomic mass is 10.1. The summed E-state index contributed by atoms with van der Waals surface area (Å²) >= 11 is 5.44. The molecule has 0 aliphatic carbocycles. The highest BCUT2D eigenvalue weighted by Crippen LogP contribution is 2.08. The Hall–Kier alpha value is -0.880. The van der Waals surface area contributed by atoms with Gasteiger partial charge in [0.15, 0.2) is 5.67 Å². The predicted octanol–water partition coefficient (Wildman–Crippen LogP) is 0.916. The van der Waals surface area contributed by atoms with E-state index in [0.29, 0.717) is 6.42 Å². The SMILES string of the molecule is COC(=O)CC[C@@H](CNC(=O)C(C)(C)F)NCl. The quantitative estimate of drug-likeness (QED) is 0.532. The van der Waals surface area contributed by atoms with Crippen molar-refractivity contribution in [1.29, 1.82) is 0 Å². The Morgan fingerprint density at radius 3 is 2.47 bits per heavy atom. The summed E-state index contributed by atoms with van der Waals surface area (Å²) in [5.74, 6) is -1.08. The first-order chi connectivity index (χ1) is 7.81. The summed E-state index contributed by atoms with van der Waals surface area (Å²) in [6, 6.07) is -0.318. The average molecular weight is 269 g/mol. The van der Waals surface area contributed by atoms with E-state index in [1.54, 1.807) is 0 Å². The van der Waals surface area contributed by atoms with Gasteiger partial charge in [-0.1, -0.05) is 0 Å². The molecule has 0 aliphatic heterocycles. The molecule has 0 saturated heterocycles. The fourth-order valence-corrected chi connectivity index (χ4v) is 1.20. The molecule has 0 aromatic heterocycles. The summed E-state index contributed by atoms with van der Waals surface area (Å²) in [5, 5.41) is 2.40. The average Bonchev–Trinajstić information content (AvgIpc) is 2.27. The lowest BCUT2D eigenvalue weighted by molar-refractivity contribution is -0.140. The first kappa shape index (κ1) is 16.1. The van der Waals surface area contributed by atoms with Crippen LogP contribution in [-0.4, -0.2) is 37.2 Å². The van der Waals surface area contributed by atoms with Crippen molar-refractivity contribution < 1.29 is 18.7 Å². The summed E-state index contributed by atoms with van der Waals surface area (Å²) in [4.78, 5) is 24.5. The molecule has 0 aromatic rings. The van der Waals surface area contributed by atoms with Gasteiger partial charge in [0.2, 0.25) is 0 Å². The topological polar surface area (TPSA) is 67.4 Å². The van der Waals surface area contributed by atoms with Gasteiger partial charge >= 0.3 is 5.97 Å². The lowest BCUT2D eigenvalue weighted by Crippen LogP contribution is -2.44. The Kier molecular flexibility index (Phi) is 7.06. The van der Waals surface area contributed by atoms with Crippen LogP contribution in [0.1, 0.15) is 26.7 Å². The van der Waals surface area contributed by atoms with E-state index in [4.69, 9.17) is 11.8 Å². The fourth-order valence-electron chi connectivity index (χ4n) is 1.02. The molecular weight excluding hydrogens is 251 g/mol. The maximum Gasteiger partial charge on any atom is 0.305 e. The third-order valence-electron chi connectivity index (χ3n) is 2.13. The standard InChI is InChI=1S/C10H18ClFN2O3/c1-10(2,12)9(16)13-6-7(14-11)4-5-8(15)17-3/h7,14H,4-6H2,1-3H3,(H,13,16)/t7-/m0/s1. The van der Waals surface area contributed by atoms with Gasteiger partial charge in [-0.05, 0) is 32.0 Å². The largest absolute Gasteiger partial charge is 0.469 e. The first-order valence-corrected chi connectivity index (χ1v) is 5.59. The summed E-state index contributed by atoms with van der Waals surface area (Å²) in [6.45, 7) is 2.48. The predicted molar refractivity (Wildman–Crippen MR) is 62.2 cm³/mol. The first-order valence-electron chi connectivity index (χ1n) is 5.21. The second kappa shape index (κ2) is 7.45. The van der Waals surface area contributed by atoms with Gasteiger partial charge in [0.1, 0.15) is 0 Å². The van der Waals surface area contributed by atoms with Crippen molar-refractivity contribution in [1.82, 2.24) is 10.2 Å². The molecule has 7 heteroatoms. The molecule has 0 rings (SSSR count). The van der Waals surface area contributed by atoms with Crippen LogP contribution in [-0.2, 0) is 14.3 Å². The number of hydrogen-bond acceptors (Lipinski definition) is 4. The Morgan fingerprint density at radius 2 is 2.06 bits per heavy atom. The highest BCUT2D eigenvalue weighted by Gasteiger charge is 2.26. The summed E-state index contributed by atoms with van der Waals surface area (Å²) in [5.41, 5.74) is -1.93. The van der Waals surface area contributed by atoms with Gasteiger partial charge in [-0.15, -0.1) is 0 Å². The van der Waals surface area contributed by atoms with Gasteiger partial charge in [-0.25, -0.2) is 9.23 Å². The molecule has 100 valence electrons. The van der Waals surface area contributed by atoms with Crippen LogP contribution in [0.2, 0.25) is 0 Å². The molecule has 1 atom stereocenters. The number of hydrogen-bond donors (Lipinski definition) is 2. The molecule has 0 aliphatic rings. The number of ether oxygens (including phenoxy) is 1. The molecule has 1 amide bonds. The molecule has 0 fully saturated rings. The number of carbonyl (C=O) groups excluding carboxylic acids is 2. The van der Waals surface area contributed by atoms with E-state index in [1.807, 2.05) is 0 Å². The Bertz CT molecular complexity index is 269. The molecule has 0 aromatic carbocycles. The zero-order chi connectivity index (χ0) is 13.5. The number of carbonyl (C=O) groups is 2. The van der Waals surface area contributed by atoms with Crippen LogP contribution in [0, 0.1) is 0 Å². The van der Waals surface area contributed by atoms with Crippen molar-refractivity contribution >= 4 is 23.7 Å². The van der Waals surface area contributed by atoms with Crippen molar-refractivity contribution in [3.63, 3.8) is 0 Å². The van der Waals surface area contributed by atoms with Gasteiger partial charge in [-0.2, -0.15) is 0 Å². The molecule has 0 radical (unpaired) electrons. The summed E-state index contributed by atoms with van der Waals surface area (Å²) in [7, 11) is 1.29. The number of esters is 1.